The molecule has 0 bridgehead atoms. The van der Waals surface area contributed by atoms with Crippen LogP contribution in [0.2, 0.25) is 0 Å². The van der Waals surface area contributed by atoms with Crippen LogP contribution in [0.3, 0.4) is 0 Å². The molecule has 0 radical (unpaired) electrons. The molecule has 1 N–H and O–H groups in total. The van der Waals surface area contributed by atoms with Gasteiger partial charge in [-0.1, -0.05) is 0 Å². The molecule has 6 nitrogen and oxygen atoms in total. The van der Waals surface area contributed by atoms with Gasteiger partial charge in [-0.15, -0.1) is 0 Å². The Balaban J connectivity index is 2.01. The Bertz CT molecular complexity index is 474. The zero-order chi connectivity index (χ0) is 14.5. The number of pyridine rings is 1. The fourth-order valence-corrected chi connectivity index (χ4v) is 2.00. The van der Waals surface area contributed by atoms with Gasteiger partial charge in [0.15, 0.2) is 0 Å². The van der Waals surface area contributed by atoms with Crippen molar-refractivity contribution in [1.82, 2.24) is 15.2 Å². The van der Waals surface area contributed by atoms with Crippen LogP contribution in [0.4, 0.5) is 4.79 Å². The number of carbonyl (C=O) groups is 2. The molecule has 0 saturated heterocycles. The molecule has 1 saturated carbocycles. The Kier molecular flexibility index (Phi) is 4.55. The van der Waals surface area contributed by atoms with Crippen molar-refractivity contribution in [2.75, 3.05) is 7.11 Å². The van der Waals surface area contributed by atoms with Gasteiger partial charge in [0.25, 0.3) is 0 Å². The summed E-state index contributed by atoms with van der Waals surface area (Å²) in [5.74, 6) is -0.0882. The molecule has 1 aromatic rings. The predicted octanol–water partition coefficient (Wildman–Crippen LogP) is 1.32. The topological polar surface area (TPSA) is 71.5 Å². The predicted molar refractivity (Wildman–Crippen MR) is 72.8 cm³/mol. The van der Waals surface area contributed by atoms with Crippen molar-refractivity contribution >= 4 is 12.0 Å². The average Bonchev–Trinajstić information content (AvgIpc) is 3.29. The Hall–Kier alpha value is -2.11. The monoisotopic (exact) mass is 277 g/mol. The van der Waals surface area contributed by atoms with Gasteiger partial charge in [-0.25, -0.2) is 4.79 Å². The first kappa shape index (κ1) is 14.3. The van der Waals surface area contributed by atoms with Gasteiger partial charge in [0.05, 0.1) is 7.11 Å². The summed E-state index contributed by atoms with van der Waals surface area (Å²) in [5.41, 5.74) is 1.03. The number of ether oxygens (including phenoxy) is 1. The molecule has 2 amide bonds. The normalized spacial score (nSPS) is 15.3. The van der Waals surface area contributed by atoms with E-state index in [0.717, 1.165) is 18.4 Å². The van der Waals surface area contributed by atoms with Crippen LogP contribution in [0.1, 0.15) is 25.3 Å². The van der Waals surface area contributed by atoms with Gasteiger partial charge in [-0.3, -0.25) is 9.78 Å². The molecule has 1 aliphatic carbocycles. The second kappa shape index (κ2) is 6.36. The molecular formula is C14H19N3O3. The molecule has 1 aromatic heterocycles. The molecule has 1 heterocycles. The highest BCUT2D eigenvalue weighted by Crippen LogP contribution is 2.28. The fourth-order valence-electron chi connectivity index (χ4n) is 2.00. The number of hydrogen-bond acceptors (Lipinski definition) is 4. The quantitative estimate of drug-likeness (QED) is 0.881. The largest absolute Gasteiger partial charge is 0.453 e. The van der Waals surface area contributed by atoms with E-state index in [1.54, 1.807) is 19.3 Å². The third-order valence-corrected chi connectivity index (χ3v) is 3.26. The second-order valence-corrected chi connectivity index (χ2v) is 4.91. The minimum atomic E-state index is -0.593. The number of methoxy groups -OCH3 is 1. The molecule has 0 aromatic carbocycles. The fraction of sp³-hybridized carbons (Fsp3) is 0.500. The van der Waals surface area contributed by atoms with Crippen LogP contribution in [0.25, 0.3) is 0 Å². The van der Waals surface area contributed by atoms with Crippen molar-refractivity contribution in [3.8, 4) is 0 Å². The maximum atomic E-state index is 12.4. The molecule has 108 valence electrons. The standard InChI is InChI=1S/C14H19N3O3/c1-10(16-14(19)20-2)13(18)17(12-3-4-12)9-11-5-7-15-8-6-11/h5-8,10,12H,3-4,9H2,1-2H3,(H,16,19). The lowest BCUT2D eigenvalue weighted by molar-refractivity contribution is -0.134. The minimum Gasteiger partial charge on any atom is -0.453 e. The molecule has 0 aliphatic heterocycles. The number of aromatic nitrogens is 1. The van der Waals surface area contributed by atoms with Crippen molar-refractivity contribution in [3.63, 3.8) is 0 Å². The van der Waals surface area contributed by atoms with E-state index in [2.05, 4.69) is 15.0 Å². The van der Waals surface area contributed by atoms with Crippen molar-refractivity contribution in [1.29, 1.82) is 0 Å². The van der Waals surface area contributed by atoms with Crippen LogP contribution < -0.4 is 5.32 Å². The van der Waals surface area contributed by atoms with Crippen LogP contribution in [0, 0.1) is 0 Å². The lowest BCUT2D eigenvalue weighted by atomic mass is 10.2. The third-order valence-electron chi connectivity index (χ3n) is 3.26. The molecule has 6 heteroatoms. The number of carbonyl (C=O) groups excluding carboxylic acids is 2. The Morgan fingerprint density at radius 1 is 1.45 bits per heavy atom. The number of amides is 2. The maximum absolute atomic E-state index is 12.4. The Morgan fingerprint density at radius 3 is 2.65 bits per heavy atom. The highest BCUT2D eigenvalue weighted by Gasteiger charge is 2.35. The summed E-state index contributed by atoms with van der Waals surface area (Å²) >= 11 is 0. The van der Waals surface area contributed by atoms with Gasteiger partial charge in [-0.2, -0.15) is 0 Å². The van der Waals surface area contributed by atoms with Gasteiger partial charge < -0.3 is 15.0 Å². The van der Waals surface area contributed by atoms with Crippen molar-refractivity contribution in [3.05, 3.63) is 30.1 Å². The first-order chi connectivity index (χ1) is 9.61. The summed E-state index contributed by atoms with van der Waals surface area (Å²) in [6, 6.07) is 3.46. The smallest absolute Gasteiger partial charge is 0.407 e. The summed E-state index contributed by atoms with van der Waals surface area (Å²) in [6.07, 6.45) is 4.86. The van der Waals surface area contributed by atoms with Crippen molar-refractivity contribution in [2.24, 2.45) is 0 Å². The van der Waals surface area contributed by atoms with E-state index in [9.17, 15) is 9.59 Å². The first-order valence-electron chi connectivity index (χ1n) is 6.65. The molecule has 1 atom stereocenters. The second-order valence-electron chi connectivity index (χ2n) is 4.91. The van der Waals surface area contributed by atoms with Crippen molar-refractivity contribution in [2.45, 2.75) is 38.4 Å². The lowest BCUT2D eigenvalue weighted by Gasteiger charge is -2.26. The maximum Gasteiger partial charge on any atom is 0.407 e. The van der Waals surface area contributed by atoms with Gasteiger partial charge in [0.2, 0.25) is 5.91 Å². The zero-order valence-electron chi connectivity index (χ0n) is 11.7. The average molecular weight is 277 g/mol. The number of rotatable bonds is 5. The van der Waals surface area contributed by atoms with Crippen LogP contribution in [0.15, 0.2) is 24.5 Å². The van der Waals surface area contributed by atoms with E-state index in [4.69, 9.17) is 0 Å². The van der Waals surface area contributed by atoms with E-state index < -0.39 is 12.1 Å². The van der Waals surface area contributed by atoms with Crippen LogP contribution >= 0.6 is 0 Å². The molecule has 20 heavy (non-hydrogen) atoms. The summed E-state index contributed by atoms with van der Waals surface area (Å²) in [5, 5.41) is 2.51. The number of alkyl carbamates (subject to hydrolysis) is 1. The number of hydrogen-bond donors (Lipinski definition) is 1. The molecule has 1 fully saturated rings. The third kappa shape index (κ3) is 3.69. The van der Waals surface area contributed by atoms with E-state index in [1.165, 1.54) is 7.11 Å². The number of nitrogens with zero attached hydrogens (tertiary/aromatic N) is 2. The lowest BCUT2D eigenvalue weighted by Crippen LogP contribution is -2.47. The molecular weight excluding hydrogens is 258 g/mol. The molecule has 2 rings (SSSR count). The highest BCUT2D eigenvalue weighted by molar-refractivity contribution is 5.85. The van der Waals surface area contributed by atoms with Gasteiger partial charge in [0, 0.05) is 25.0 Å². The highest BCUT2D eigenvalue weighted by atomic mass is 16.5. The van der Waals surface area contributed by atoms with Crippen LogP contribution in [0.5, 0.6) is 0 Å². The summed E-state index contributed by atoms with van der Waals surface area (Å²) in [6.45, 7) is 2.21. The molecule has 1 unspecified atom stereocenters. The van der Waals surface area contributed by atoms with E-state index in [0.29, 0.717) is 6.54 Å². The zero-order valence-corrected chi connectivity index (χ0v) is 11.7. The van der Waals surface area contributed by atoms with Gasteiger partial charge >= 0.3 is 6.09 Å². The minimum absolute atomic E-state index is 0.0882. The molecule has 0 spiro atoms. The van der Waals surface area contributed by atoms with Gasteiger partial charge in [0.1, 0.15) is 6.04 Å². The van der Waals surface area contributed by atoms with Crippen LogP contribution in [-0.2, 0) is 16.1 Å². The summed E-state index contributed by atoms with van der Waals surface area (Å²) < 4.78 is 4.52. The van der Waals surface area contributed by atoms with Crippen LogP contribution in [-0.4, -0.2) is 41.1 Å². The summed E-state index contributed by atoms with van der Waals surface area (Å²) in [4.78, 5) is 29.4. The SMILES string of the molecule is COC(=O)NC(C)C(=O)N(Cc1ccncc1)C1CC1. The van der Waals surface area contributed by atoms with E-state index >= 15 is 0 Å². The van der Waals surface area contributed by atoms with Gasteiger partial charge in [-0.05, 0) is 37.5 Å². The Morgan fingerprint density at radius 2 is 2.10 bits per heavy atom. The number of nitrogens with one attached hydrogen (secondary N) is 1. The van der Waals surface area contributed by atoms with E-state index in [-0.39, 0.29) is 11.9 Å². The molecule has 1 aliphatic rings. The summed E-state index contributed by atoms with van der Waals surface area (Å²) in [7, 11) is 1.28. The Labute approximate surface area is 118 Å². The van der Waals surface area contributed by atoms with Crippen molar-refractivity contribution < 1.29 is 14.3 Å². The first-order valence-corrected chi connectivity index (χ1v) is 6.65. The van der Waals surface area contributed by atoms with E-state index in [1.807, 2.05) is 17.0 Å².